The normalized spacial score (nSPS) is 16.5. The molecule has 1 unspecified atom stereocenters. The van der Waals surface area contributed by atoms with Crippen molar-refractivity contribution < 1.29 is 14.4 Å². The molecule has 1 fully saturated rings. The molecule has 1 aliphatic heterocycles. The van der Waals surface area contributed by atoms with Crippen LogP contribution in [0.3, 0.4) is 0 Å². The highest BCUT2D eigenvalue weighted by Gasteiger charge is 2.21. The smallest absolute Gasteiger partial charge is 0.252 e. The van der Waals surface area contributed by atoms with Crippen molar-refractivity contribution in [3.8, 4) is 0 Å². The van der Waals surface area contributed by atoms with Crippen LogP contribution >= 0.6 is 0 Å². The van der Waals surface area contributed by atoms with Crippen molar-refractivity contribution in [1.29, 1.82) is 0 Å². The Morgan fingerprint density at radius 2 is 1.68 bits per heavy atom. The van der Waals surface area contributed by atoms with E-state index in [0.29, 0.717) is 22.6 Å². The van der Waals surface area contributed by atoms with Crippen LogP contribution in [-0.2, 0) is 4.79 Å². The van der Waals surface area contributed by atoms with Crippen molar-refractivity contribution in [3.05, 3.63) is 71.3 Å². The van der Waals surface area contributed by atoms with Crippen molar-refractivity contribution in [2.24, 2.45) is 5.92 Å². The van der Waals surface area contributed by atoms with Crippen LogP contribution in [0, 0.1) is 5.92 Å². The number of nitrogens with one attached hydrogen (secondary N) is 1. The Morgan fingerprint density at radius 1 is 1.00 bits per heavy atom. The summed E-state index contributed by atoms with van der Waals surface area (Å²) >= 11 is 0. The third-order valence-electron chi connectivity index (χ3n) is 5.09. The van der Waals surface area contributed by atoms with Crippen LogP contribution in [0.25, 0.3) is 0 Å². The molecule has 0 saturated carbocycles. The van der Waals surface area contributed by atoms with E-state index in [4.69, 9.17) is 0 Å². The van der Waals surface area contributed by atoms with E-state index in [-0.39, 0.29) is 30.6 Å². The molecule has 0 spiro atoms. The molecule has 1 heterocycles. The Hall–Kier alpha value is -2.95. The molecule has 0 aromatic heterocycles. The standard InChI is InChI=1S/C23H26N2O3/c1-17-8-7-15-25(16-17)21(26)13-14-24-23(28)20-12-6-5-11-19(20)22(27)18-9-3-2-4-10-18/h2-6,9-12,17H,7-8,13-16H2,1H3,(H,24,28). The molecule has 0 radical (unpaired) electrons. The van der Waals surface area contributed by atoms with Crippen LogP contribution in [0.1, 0.15) is 52.5 Å². The molecule has 2 amide bonds. The summed E-state index contributed by atoms with van der Waals surface area (Å²) in [4.78, 5) is 39.6. The lowest BCUT2D eigenvalue weighted by Gasteiger charge is -2.31. The van der Waals surface area contributed by atoms with E-state index in [2.05, 4.69) is 12.2 Å². The van der Waals surface area contributed by atoms with Gasteiger partial charge in [-0.1, -0.05) is 55.5 Å². The van der Waals surface area contributed by atoms with Gasteiger partial charge in [0, 0.05) is 37.2 Å². The monoisotopic (exact) mass is 378 g/mol. The van der Waals surface area contributed by atoms with E-state index in [0.717, 1.165) is 25.9 Å². The van der Waals surface area contributed by atoms with Crippen molar-refractivity contribution in [2.45, 2.75) is 26.2 Å². The summed E-state index contributed by atoms with van der Waals surface area (Å²) in [5.74, 6) is 0.0769. The van der Waals surface area contributed by atoms with Gasteiger partial charge >= 0.3 is 0 Å². The first-order valence-electron chi connectivity index (χ1n) is 9.81. The zero-order valence-electron chi connectivity index (χ0n) is 16.2. The van der Waals surface area contributed by atoms with Gasteiger partial charge in [0.25, 0.3) is 5.91 Å². The van der Waals surface area contributed by atoms with E-state index >= 15 is 0 Å². The molecule has 146 valence electrons. The number of rotatable bonds is 6. The zero-order valence-corrected chi connectivity index (χ0v) is 16.2. The molecule has 2 aromatic carbocycles. The molecule has 1 saturated heterocycles. The van der Waals surface area contributed by atoms with Gasteiger partial charge in [-0.25, -0.2) is 0 Å². The molecule has 5 heteroatoms. The number of hydrogen-bond acceptors (Lipinski definition) is 3. The maximum Gasteiger partial charge on any atom is 0.252 e. The molecule has 0 aliphatic carbocycles. The number of ketones is 1. The maximum absolute atomic E-state index is 12.8. The second-order valence-electron chi connectivity index (χ2n) is 7.33. The summed E-state index contributed by atoms with van der Waals surface area (Å²) in [5, 5.41) is 2.79. The first-order chi connectivity index (χ1) is 13.6. The molecule has 1 aliphatic rings. The Bertz CT molecular complexity index is 848. The second-order valence-corrected chi connectivity index (χ2v) is 7.33. The maximum atomic E-state index is 12.8. The third kappa shape index (κ3) is 4.85. The predicted molar refractivity (Wildman–Crippen MR) is 108 cm³/mol. The molecule has 5 nitrogen and oxygen atoms in total. The van der Waals surface area contributed by atoms with Crippen LogP contribution < -0.4 is 5.32 Å². The molecular weight excluding hydrogens is 352 g/mol. The number of nitrogens with zero attached hydrogens (tertiary/aromatic N) is 1. The molecule has 2 aromatic rings. The fourth-order valence-electron chi connectivity index (χ4n) is 3.58. The van der Waals surface area contributed by atoms with Crippen molar-refractivity contribution in [2.75, 3.05) is 19.6 Å². The summed E-state index contributed by atoms with van der Waals surface area (Å²) in [7, 11) is 0. The lowest BCUT2D eigenvalue weighted by molar-refractivity contribution is -0.132. The number of carbonyl (C=O) groups is 3. The highest BCUT2D eigenvalue weighted by molar-refractivity contribution is 6.15. The van der Waals surface area contributed by atoms with Crippen LogP contribution in [-0.4, -0.2) is 42.1 Å². The molecule has 28 heavy (non-hydrogen) atoms. The van der Waals surface area contributed by atoms with Gasteiger partial charge in [-0.2, -0.15) is 0 Å². The van der Waals surface area contributed by atoms with E-state index in [9.17, 15) is 14.4 Å². The van der Waals surface area contributed by atoms with Gasteiger partial charge in [0.15, 0.2) is 5.78 Å². The number of hydrogen-bond donors (Lipinski definition) is 1. The van der Waals surface area contributed by atoms with Crippen molar-refractivity contribution >= 4 is 17.6 Å². The van der Waals surface area contributed by atoms with E-state index in [1.807, 2.05) is 11.0 Å². The Morgan fingerprint density at radius 3 is 2.39 bits per heavy atom. The average molecular weight is 378 g/mol. The summed E-state index contributed by atoms with van der Waals surface area (Å²) in [6.07, 6.45) is 2.47. The number of carbonyl (C=O) groups excluding carboxylic acids is 3. The number of benzene rings is 2. The topological polar surface area (TPSA) is 66.5 Å². The van der Waals surface area contributed by atoms with Crippen LogP contribution in [0.5, 0.6) is 0 Å². The summed E-state index contributed by atoms with van der Waals surface area (Å²) in [6, 6.07) is 15.7. The quantitative estimate of drug-likeness (QED) is 0.785. The van der Waals surface area contributed by atoms with Gasteiger partial charge in [0.1, 0.15) is 0 Å². The van der Waals surface area contributed by atoms with Gasteiger partial charge < -0.3 is 10.2 Å². The Balaban J connectivity index is 1.60. The lowest BCUT2D eigenvalue weighted by atomic mass is 9.98. The minimum Gasteiger partial charge on any atom is -0.351 e. The summed E-state index contributed by atoms with van der Waals surface area (Å²) in [5.41, 5.74) is 1.23. The largest absolute Gasteiger partial charge is 0.351 e. The van der Waals surface area contributed by atoms with Crippen LogP contribution in [0.2, 0.25) is 0 Å². The van der Waals surface area contributed by atoms with Gasteiger partial charge in [-0.05, 0) is 24.8 Å². The van der Waals surface area contributed by atoms with E-state index < -0.39 is 0 Å². The zero-order chi connectivity index (χ0) is 19.9. The molecular formula is C23H26N2O3. The minimum absolute atomic E-state index is 0.0699. The predicted octanol–water partition coefficient (Wildman–Crippen LogP) is 3.30. The lowest BCUT2D eigenvalue weighted by Crippen LogP contribution is -2.40. The Kier molecular flexibility index (Phi) is 6.58. The van der Waals surface area contributed by atoms with E-state index in [1.165, 1.54) is 0 Å². The second kappa shape index (κ2) is 9.31. The SMILES string of the molecule is CC1CCCN(C(=O)CCNC(=O)c2ccccc2C(=O)c2ccccc2)C1. The van der Waals surface area contributed by atoms with Crippen molar-refractivity contribution in [3.63, 3.8) is 0 Å². The van der Waals surface area contributed by atoms with Crippen LogP contribution in [0.4, 0.5) is 0 Å². The molecule has 1 N–H and O–H groups in total. The summed E-state index contributed by atoms with van der Waals surface area (Å²) in [6.45, 7) is 4.00. The molecule has 0 bridgehead atoms. The Labute approximate surface area is 165 Å². The third-order valence-corrected chi connectivity index (χ3v) is 5.09. The van der Waals surface area contributed by atoms with Gasteiger partial charge in [0.2, 0.25) is 5.91 Å². The van der Waals surface area contributed by atoms with Gasteiger partial charge in [-0.15, -0.1) is 0 Å². The summed E-state index contributed by atoms with van der Waals surface area (Å²) < 4.78 is 0. The first-order valence-corrected chi connectivity index (χ1v) is 9.81. The number of likely N-dealkylation sites (tertiary alicyclic amines) is 1. The van der Waals surface area contributed by atoms with E-state index in [1.54, 1.807) is 48.5 Å². The average Bonchev–Trinajstić information content (AvgIpc) is 2.73. The fourth-order valence-corrected chi connectivity index (χ4v) is 3.58. The van der Waals surface area contributed by atoms with Gasteiger partial charge in [-0.3, -0.25) is 14.4 Å². The van der Waals surface area contributed by atoms with Gasteiger partial charge in [0.05, 0.1) is 5.56 Å². The number of amides is 2. The van der Waals surface area contributed by atoms with Crippen molar-refractivity contribution in [1.82, 2.24) is 10.2 Å². The fraction of sp³-hybridized carbons (Fsp3) is 0.348. The minimum atomic E-state index is -0.334. The van der Waals surface area contributed by atoms with Crippen LogP contribution in [0.15, 0.2) is 54.6 Å². The highest BCUT2D eigenvalue weighted by Crippen LogP contribution is 2.17. The molecule has 1 atom stereocenters. The first kappa shape index (κ1) is 19.8. The number of piperidine rings is 1. The molecule has 3 rings (SSSR count). The highest BCUT2D eigenvalue weighted by atomic mass is 16.2.